The maximum atomic E-state index is 11.7. The van der Waals surface area contributed by atoms with Crippen molar-refractivity contribution in [2.75, 3.05) is 0 Å². The third kappa shape index (κ3) is 3.36. The highest BCUT2D eigenvalue weighted by molar-refractivity contribution is 14.1. The van der Waals surface area contributed by atoms with Gasteiger partial charge < -0.3 is 9.94 Å². The lowest BCUT2D eigenvalue weighted by atomic mass is 9.78. The number of esters is 1. The lowest BCUT2D eigenvalue weighted by molar-refractivity contribution is -0.265. The van der Waals surface area contributed by atoms with E-state index in [9.17, 15) is 10.0 Å². The molecule has 3 atom stereocenters. The average Bonchev–Trinajstić information content (AvgIpc) is 2.25. The molecule has 3 unspecified atom stereocenters. The molecule has 0 amide bonds. The largest absolute Gasteiger partial charge is 0.461 e. The first-order valence-corrected chi connectivity index (χ1v) is 7.71. The number of alkyl halides is 1. The zero-order valence-electron chi connectivity index (χ0n) is 11.9. The maximum Gasteiger partial charge on any atom is 0.318 e. The second-order valence-corrected chi connectivity index (χ2v) is 7.93. The Morgan fingerprint density at radius 2 is 2.06 bits per heavy atom. The van der Waals surface area contributed by atoms with Crippen LogP contribution in [0.5, 0.6) is 0 Å². The van der Waals surface area contributed by atoms with E-state index < -0.39 is 0 Å². The van der Waals surface area contributed by atoms with Crippen LogP contribution in [0.3, 0.4) is 0 Å². The summed E-state index contributed by atoms with van der Waals surface area (Å²) in [4.78, 5) is 11.7. The Hall–Kier alpha value is 0.120. The fourth-order valence-electron chi connectivity index (χ4n) is 2.66. The molecule has 0 spiro atoms. The predicted octanol–water partition coefficient (Wildman–Crippen LogP) is 3.15. The number of hydrogen-bond donors (Lipinski definition) is 1. The summed E-state index contributed by atoms with van der Waals surface area (Å²) < 4.78 is 5.42. The molecule has 0 aromatic rings. The molecule has 5 heteroatoms. The molecular weight excluding hydrogens is 345 g/mol. The first-order valence-electron chi connectivity index (χ1n) is 6.46. The molecule has 1 aliphatic rings. The molecule has 106 valence electrons. The van der Waals surface area contributed by atoms with Gasteiger partial charge in [0.2, 0.25) is 0 Å². The van der Waals surface area contributed by atoms with E-state index in [4.69, 9.17) is 4.74 Å². The van der Waals surface area contributed by atoms with Crippen molar-refractivity contribution in [2.24, 2.45) is 0 Å². The number of halogens is 1. The van der Waals surface area contributed by atoms with Crippen molar-refractivity contribution in [1.82, 2.24) is 5.06 Å². The second-order valence-electron chi connectivity index (χ2n) is 6.06. The molecule has 0 aromatic heterocycles. The number of hydrogen-bond acceptors (Lipinski definition) is 4. The summed E-state index contributed by atoms with van der Waals surface area (Å²) in [7, 11) is 0. The van der Waals surface area contributed by atoms with E-state index in [1.165, 1.54) is 5.06 Å². The summed E-state index contributed by atoms with van der Waals surface area (Å²) in [6, 6.07) is 0. The van der Waals surface area contributed by atoms with Gasteiger partial charge in [0.1, 0.15) is 10.0 Å². The van der Waals surface area contributed by atoms with Gasteiger partial charge >= 0.3 is 5.97 Å². The quantitative estimate of drug-likeness (QED) is 0.472. The summed E-state index contributed by atoms with van der Waals surface area (Å²) in [5.41, 5.74) is -0.705. The topological polar surface area (TPSA) is 49.8 Å². The van der Waals surface area contributed by atoms with Crippen LogP contribution in [-0.2, 0) is 9.53 Å². The fraction of sp³-hybridized carbons (Fsp3) is 0.923. The number of nitrogens with zero attached hydrogens (tertiary/aromatic N) is 1. The molecule has 0 aliphatic carbocycles. The summed E-state index contributed by atoms with van der Waals surface area (Å²) in [5, 5.41) is 11.8. The number of piperidine rings is 1. The third-order valence-corrected chi connectivity index (χ3v) is 4.36. The van der Waals surface area contributed by atoms with Gasteiger partial charge in [-0.05, 0) is 34.1 Å². The van der Waals surface area contributed by atoms with Gasteiger partial charge in [0.05, 0.1) is 0 Å². The number of rotatable bonds is 3. The van der Waals surface area contributed by atoms with Crippen LogP contribution in [0.15, 0.2) is 0 Å². The van der Waals surface area contributed by atoms with E-state index in [0.29, 0.717) is 12.8 Å². The molecular formula is C13H24INO3. The van der Waals surface area contributed by atoms with Gasteiger partial charge in [0, 0.05) is 23.9 Å². The van der Waals surface area contributed by atoms with Crippen molar-refractivity contribution >= 4 is 28.6 Å². The van der Waals surface area contributed by atoms with E-state index in [1.54, 1.807) is 0 Å². The highest BCUT2D eigenvalue weighted by Crippen LogP contribution is 2.40. The molecule has 0 saturated carbocycles. The van der Waals surface area contributed by atoms with Crippen molar-refractivity contribution in [3.8, 4) is 0 Å². The first kappa shape index (κ1) is 16.2. The maximum absolute atomic E-state index is 11.7. The minimum Gasteiger partial charge on any atom is -0.461 e. The SMILES string of the molecule is CCC1(C)CC(OC(=O)C(C)I)CC(C)(C)N1O. The molecule has 1 fully saturated rings. The highest BCUT2D eigenvalue weighted by Gasteiger charge is 2.48. The van der Waals surface area contributed by atoms with Crippen LogP contribution in [0.2, 0.25) is 0 Å². The van der Waals surface area contributed by atoms with Crippen LogP contribution in [0.25, 0.3) is 0 Å². The number of carbonyl (C=O) groups is 1. The minimum atomic E-state index is -0.373. The van der Waals surface area contributed by atoms with E-state index >= 15 is 0 Å². The number of carbonyl (C=O) groups excluding carboxylic acids is 1. The molecule has 1 saturated heterocycles. The summed E-state index contributed by atoms with van der Waals surface area (Å²) >= 11 is 2.06. The molecule has 1 N–H and O–H groups in total. The monoisotopic (exact) mass is 369 g/mol. The summed E-state index contributed by atoms with van der Waals surface area (Å²) in [5.74, 6) is -0.166. The van der Waals surface area contributed by atoms with Crippen LogP contribution < -0.4 is 0 Å². The van der Waals surface area contributed by atoms with Crippen LogP contribution in [0.4, 0.5) is 0 Å². The molecule has 1 rings (SSSR count). The molecule has 1 heterocycles. The first-order chi connectivity index (χ1) is 8.12. The van der Waals surface area contributed by atoms with Crippen LogP contribution in [0.1, 0.15) is 53.9 Å². The normalized spacial score (nSPS) is 34.1. The van der Waals surface area contributed by atoms with Crippen LogP contribution >= 0.6 is 22.6 Å². The van der Waals surface area contributed by atoms with Gasteiger partial charge in [-0.1, -0.05) is 29.5 Å². The minimum absolute atomic E-state index is 0.113. The standard InChI is InChI=1S/C13H24INO3/c1-6-13(5)8-10(18-11(16)9(2)14)7-12(3,4)15(13)17/h9-10,17H,6-8H2,1-5H3. The van der Waals surface area contributed by atoms with Crippen LogP contribution in [0, 0.1) is 0 Å². The molecule has 0 bridgehead atoms. The Labute approximate surface area is 123 Å². The Morgan fingerprint density at radius 3 is 2.50 bits per heavy atom. The van der Waals surface area contributed by atoms with Gasteiger partial charge in [-0.2, -0.15) is 5.06 Å². The zero-order chi connectivity index (χ0) is 14.1. The average molecular weight is 369 g/mol. The third-order valence-electron chi connectivity index (χ3n) is 3.85. The Balaban J connectivity index is 2.82. The number of ether oxygens (including phenoxy) is 1. The van der Waals surface area contributed by atoms with Gasteiger partial charge in [-0.25, -0.2) is 0 Å². The predicted molar refractivity (Wildman–Crippen MR) is 79.0 cm³/mol. The summed E-state index contributed by atoms with van der Waals surface area (Å²) in [6.45, 7) is 9.85. The lowest BCUT2D eigenvalue weighted by Gasteiger charge is -2.52. The van der Waals surface area contributed by atoms with Gasteiger partial charge in [0.15, 0.2) is 0 Å². The zero-order valence-corrected chi connectivity index (χ0v) is 14.0. The number of hydroxylamine groups is 2. The Morgan fingerprint density at radius 1 is 1.50 bits per heavy atom. The highest BCUT2D eigenvalue weighted by atomic mass is 127. The van der Waals surface area contributed by atoms with E-state index in [-0.39, 0.29) is 27.1 Å². The van der Waals surface area contributed by atoms with Crippen molar-refractivity contribution < 1.29 is 14.7 Å². The second kappa shape index (κ2) is 5.63. The molecule has 18 heavy (non-hydrogen) atoms. The van der Waals surface area contributed by atoms with Gasteiger partial charge in [0.25, 0.3) is 0 Å². The Bertz CT molecular complexity index is 319. The van der Waals surface area contributed by atoms with Crippen molar-refractivity contribution in [3.05, 3.63) is 0 Å². The van der Waals surface area contributed by atoms with E-state index in [0.717, 1.165) is 6.42 Å². The smallest absolute Gasteiger partial charge is 0.318 e. The van der Waals surface area contributed by atoms with Gasteiger partial charge in [-0.15, -0.1) is 0 Å². The molecule has 4 nitrogen and oxygen atoms in total. The molecule has 1 aliphatic heterocycles. The van der Waals surface area contributed by atoms with E-state index in [1.807, 2.05) is 34.6 Å². The lowest BCUT2D eigenvalue weighted by Crippen LogP contribution is -2.61. The Kier molecular flexibility index (Phi) is 5.06. The molecule has 0 aromatic carbocycles. The summed E-state index contributed by atoms with van der Waals surface area (Å²) in [6.07, 6.45) is 2.05. The van der Waals surface area contributed by atoms with Gasteiger partial charge in [-0.3, -0.25) is 4.79 Å². The van der Waals surface area contributed by atoms with E-state index in [2.05, 4.69) is 22.6 Å². The van der Waals surface area contributed by atoms with Crippen molar-refractivity contribution in [3.63, 3.8) is 0 Å². The van der Waals surface area contributed by atoms with Crippen molar-refractivity contribution in [2.45, 2.75) is 75.0 Å². The van der Waals surface area contributed by atoms with Crippen molar-refractivity contribution in [1.29, 1.82) is 0 Å². The fourth-order valence-corrected chi connectivity index (χ4v) is 2.81. The van der Waals surface area contributed by atoms with Crippen LogP contribution in [-0.4, -0.2) is 37.3 Å². The molecule has 0 radical (unpaired) electrons.